The number of thiophene rings is 1. The molecule has 0 atom stereocenters. The Morgan fingerprint density at radius 1 is 1.20 bits per heavy atom. The van der Waals surface area contributed by atoms with E-state index in [4.69, 9.17) is 0 Å². The number of halogens is 3. The molecule has 0 saturated heterocycles. The minimum Gasteiger partial charge on any atom is -0.331 e. The van der Waals surface area contributed by atoms with Crippen LogP contribution in [-0.4, -0.2) is 29.4 Å². The molecule has 0 spiro atoms. The summed E-state index contributed by atoms with van der Waals surface area (Å²) in [5, 5.41) is 4.59. The summed E-state index contributed by atoms with van der Waals surface area (Å²) in [4.78, 5) is 25.0. The first-order chi connectivity index (χ1) is 11.8. The van der Waals surface area contributed by atoms with Crippen molar-refractivity contribution in [3.63, 3.8) is 0 Å². The van der Waals surface area contributed by atoms with Crippen molar-refractivity contribution in [3.05, 3.63) is 52.2 Å². The Kier molecular flexibility index (Phi) is 6.19. The van der Waals surface area contributed by atoms with Crippen molar-refractivity contribution in [3.8, 4) is 0 Å². The average molecular weight is 370 g/mol. The molecule has 1 heterocycles. The SMILES string of the molecule is CCN(Cc1cccc(NC(=O)Cc2cccs2)c1)C(=O)C(F)(F)F. The number of rotatable bonds is 6. The second-order valence-electron chi connectivity index (χ2n) is 5.32. The number of alkyl halides is 3. The monoisotopic (exact) mass is 370 g/mol. The maximum Gasteiger partial charge on any atom is 0.471 e. The molecule has 0 bridgehead atoms. The van der Waals surface area contributed by atoms with Gasteiger partial charge in [0, 0.05) is 23.7 Å². The van der Waals surface area contributed by atoms with Gasteiger partial charge in [0.05, 0.1) is 6.42 Å². The number of carbonyl (C=O) groups is 2. The van der Waals surface area contributed by atoms with Gasteiger partial charge in [0.25, 0.3) is 0 Å². The van der Waals surface area contributed by atoms with Crippen molar-refractivity contribution in [1.82, 2.24) is 4.90 Å². The van der Waals surface area contributed by atoms with E-state index in [0.717, 1.165) is 4.88 Å². The van der Waals surface area contributed by atoms with Gasteiger partial charge in [-0.15, -0.1) is 11.3 Å². The molecule has 134 valence electrons. The predicted octanol–water partition coefficient (Wildman–Crippen LogP) is 3.84. The summed E-state index contributed by atoms with van der Waals surface area (Å²) in [6.45, 7) is 1.24. The summed E-state index contributed by atoms with van der Waals surface area (Å²) in [5.74, 6) is -2.08. The van der Waals surface area contributed by atoms with Crippen LogP contribution in [0.5, 0.6) is 0 Å². The molecule has 0 fully saturated rings. The van der Waals surface area contributed by atoms with Crippen LogP contribution in [0.1, 0.15) is 17.4 Å². The Morgan fingerprint density at radius 3 is 2.56 bits per heavy atom. The molecule has 1 aromatic carbocycles. The number of nitrogens with zero attached hydrogens (tertiary/aromatic N) is 1. The van der Waals surface area contributed by atoms with E-state index in [0.29, 0.717) is 16.2 Å². The standard InChI is InChI=1S/C17H17F3N2O2S/c1-2-22(16(24)17(18,19)20)11-12-5-3-6-13(9-12)21-15(23)10-14-7-4-8-25-14/h3-9H,2,10-11H2,1H3,(H,21,23). The minimum atomic E-state index is -4.90. The van der Waals surface area contributed by atoms with E-state index in [2.05, 4.69) is 5.32 Å². The van der Waals surface area contributed by atoms with Gasteiger partial charge < -0.3 is 10.2 Å². The smallest absolute Gasteiger partial charge is 0.331 e. The Hall–Kier alpha value is -2.35. The Labute approximate surface area is 147 Å². The normalized spacial score (nSPS) is 11.2. The van der Waals surface area contributed by atoms with Crippen LogP contribution in [0.25, 0.3) is 0 Å². The number of carbonyl (C=O) groups excluding carboxylic acids is 2. The number of hydrogen-bond acceptors (Lipinski definition) is 3. The molecular weight excluding hydrogens is 353 g/mol. The fourth-order valence-corrected chi connectivity index (χ4v) is 2.95. The van der Waals surface area contributed by atoms with Crippen molar-refractivity contribution in [2.45, 2.75) is 26.1 Å². The highest BCUT2D eigenvalue weighted by molar-refractivity contribution is 7.10. The summed E-state index contributed by atoms with van der Waals surface area (Å²) in [6, 6.07) is 10.2. The van der Waals surface area contributed by atoms with E-state index >= 15 is 0 Å². The zero-order chi connectivity index (χ0) is 18.4. The zero-order valence-electron chi connectivity index (χ0n) is 13.5. The molecule has 4 nitrogen and oxygen atoms in total. The summed E-state index contributed by atoms with van der Waals surface area (Å²) < 4.78 is 37.7. The van der Waals surface area contributed by atoms with Crippen LogP contribution in [0, 0.1) is 0 Å². The average Bonchev–Trinajstić information content (AvgIpc) is 3.04. The molecule has 0 saturated carbocycles. The Bertz CT molecular complexity index is 730. The molecular formula is C17H17F3N2O2S. The molecule has 0 aliphatic rings. The van der Waals surface area contributed by atoms with Crippen molar-refractivity contribution in [2.24, 2.45) is 0 Å². The fourth-order valence-electron chi connectivity index (χ4n) is 2.25. The highest BCUT2D eigenvalue weighted by Gasteiger charge is 2.41. The quantitative estimate of drug-likeness (QED) is 0.840. The van der Waals surface area contributed by atoms with Gasteiger partial charge in [0.15, 0.2) is 0 Å². The molecule has 2 aromatic rings. The van der Waals surface area contributed by atoms with Gasteiger partial charge in [-0.25, -0.2) is 0 Å². The summed E-state index contributed by atoms with van der Waals surface area (Å²) in [7, 11) is 0. The van der Waals surface area contributed by atoms with Crippen LogP contribution in [0.4, 0.5) is 18.9 Å². The molecule has 25 heavy (non-hydrogen) atoms. The largest absolute Gasteiger partial charge is 0.471 e. The van der Waals surface area contributed by atoms with Crippen molar-refractivity contribution >= 4 is 28.8 Å². The third-order valence-corrected chi connectivity index (χ3v) is 4.29. The number of hydrogen-bond donors (Lipinski definition) is 1. The highest BCUT2D eigenvalue weighted by atomic mass is 32.1. The van der Waals surface area contributed by atoms with E-state index in [1.807, 2.05) is 17.5 Å². The van der Waals surface area contributed by atoms with Crippen LogP contribution >= 0.6 is 11.3 Å². The highest BCUT2D eigenvalue weighted by Crippen LogP contribution is 2.21. The van der Waals surface area contributed by atoms with Gasteiger partial charge in [-0.2, -0.15) is 13.2 Å². The van der Waals surface area contributed by atoms with Gasteiger partial charge >= 0.3 is 12.1 Å². The second kappa shape index (κ2) is 8.15. The summed E-state index contributed by atoms with van der Waals surface area (Å²) >= 11 is 1.47. The third kappa shape index (κ3) is 5.60. The van der Waals surface area contributed by atoms with Gasteiger partial charge in [0.1, 0.15) is 0 Å². The van der Waals surface area contributed by atoms with E-state index < -0.39 is 12.1 Å². The minimum absolute atomic E-state index is 0.0622. The van der Waals surface area contributed by atoms with Crippen molar-refractivity contribution < 1.29 is 22.8 Å². The van der Waals surface area contributed by atoms with Gasteiger partial charge in [0.2, 0.25) is 5.91 Å². The fraction of sp³-hybridized carbons (Fsp3) is 0.294. The maximum atomic E-state index is 12.6. The lowest BCUT2D eigenvalue weighted by atomic mass is 10.1. The van der Waals surface area contributed by atoms with Gasteiger partial charge in [-0.05, 0) is 36.1 Å². The topological polar surface area (TPSA) is 49.4 Å². The van der Waals surface area contributed by atoms with Crippen LogP contribution in [0.2, 0.25) is 0 Å². The van der Waals surface area contributed by atoms with E-state index in [1.54, 1.807) is 24.3 Å². The van der Waals surface area contributed by atoms with Crippen LogP contribution < -0.4 is 5.32 Å². The zero-order valence-corrected chi connectivity index (χ0v) is 14.3. The molecule has 1 N–H and O–H groups in total. The Morgan fingerprint density at radius 2 is 1.96 bits per heavy atom. The van der Waals surface area contributed by atoms with Crippen LogP contribution in [0.3, 0.4) is 0 Å². The second-order valence-corrected chi connectivity index (χ2v) is 6.35. The third-order valence-electron chi connectivity index (χ3n) is 3.41. The van der Waals surface area contributed by atoms with Crippen LogP contribution in [-0.2, 0) is 22.6 Å². The number of benzene rings is 1. The van der Waals surface area contributed by atoms with Crippen LogP contribution in [0.15, 0.2) is 41.8 Å². The number of anilines is 1. The lowest BCUT2D eigenvalue weighted by molar-refractivity contribution is -0.185. The first-order valence-corrected chi connectivity index (χ1v) is 8.45. The molecule has 0 unspecified atom stereocenters. The van der Waals surface area contributed by atoms with Crippen molar-refractivity contribution in [1.29, 1.82) is 0 Å². The lowest BCUT2D eigenvalue weighted by Crippen LogP contribution is -2.40. The summed E-state index contributed by atoms with van der Waals surface area (Å²) in [5.41, 5.74) is 0.989. The lowest BCUT2D eigenvalue weighted by Gasteiger charge is -2.22. The maximum absolute atomic E-state index is 12.6. The number of amides is 2. The first kappa shape index (κ1) is 19.0. The van der Waals surface area contributed by atoms with Gasteiger partial charge in [-0.1, -0.05) is 18.2 Å². The molecule has 0 aliphatic carbocycles. The van der Waals surface area contributed by atoms with E-state index in [1.165, 1.54) is 18.3 Å². The summed E-state index contributed by atoms with van der Waals surface area (Å²) in [6.07, 6.45) is -4.67. The molecule has 0 aliphatic heterocycles. The predicted molar refractivity (Wildman–Crippen MR) is 90.2 cm³/mol. The first-order valence-electron chi connectivity index (χ1n) is 7.57. The molecule has 8 heteroatoms. The molecule has 0 radical (unpaired) electrons. The Balaban J connectivity index is 2.02. The van der Waals surface area contributed by atoms with E-state index in [9.17, 15) is 22.8 Å². The van der Waals surface area contributed by atoms with E-state index in [-0.39, 0.29) is 25.4 Å². The molecule has 2 rings (SSSR count). The van der Waals surface area contributed by atoms with Crippen molar-refractivity contribution in [2.75, 3.05) is 11.9 Å². The number of nitrogens with one attached hydrogen (secondary N) is 1. The molecule has 2 amide bonds. The molecule has 1 aromatic heterocycles. The van der Waals surface area contributed by atoms with Gasteiger partial charge in [-0.3, -0.25) is 9.59 Å².